The zero-order chi connectivity index (χ0) is 14.7. The molecule has 2 rings (SSSR count). The molecule has 5 nitrogen and oxygen atoms in total. The fourth-order valence-electron chi connectivity index (χ4n) is 1.65. The first-order valence-electron chi connectivity index (χ1n) is 5.87. The van der Waals surface area contributed by atoms with E-state index in [1.807, 2.05) is 0 Å². The molecule has 0 spiro atoms. The molecule has 0 amide bonds. The Morgan fingerprint density at radius 3 is 2.30 bits per heavy atom. The van der Waals surface area contributed by atoms with Crippen LogP contribution < -0.4 is 4.74 Å². The van der Waals surface area contributed by atoms with Crippen molar-refractivity contribution in [3.8, 4) is 11.5 Å². The second-order valence-corrected chi connectivity index (χ2v) is 4.22. The molecule has 0 radical (unpaired) electrons. The third-order valence-electron chi connectivity index (χ3n) is 2.71. The van der Waals surface area contributed by atoms with Gasteiger partial charge in [-0.1, -0.05) is 12.1 Å². The van der Waals surface area contributed by atoms with Crippen LogP contribution in [0.5, 0.6) is 11.5 Å². The Morgan fingerprint density at radius 1 is 1.20 bits per heavy atom. The van der Waals surface area contributed by atoms with E-state index in [0.29, 0.717) is 5.75 Å². The van der Waals surface area contributed by atoms with Crippen LogP contribution in [0.15, 0.2) is 42.5 Å². The largest absolute Gasteiger partial charge is 0.457 e. The highest BCUT2D eigenvalue weighted by Crippen LogP contribution is 2.27. The lowest BCUT2D eigenvalue weighted by Gasteiger charge is -2.08. The molecule has 0 aliphatic heterocycles. The van der Waals surface area contributed by atoms with Crippen molar-refractivity contribution in [3.05, 3.63) is 64.0 Å². The zero-order valence-electron chi connectivity index (χ0n) is 10.6. The van der Waals surface area contributed by atoms with Crippen molar-refractivity contribution < 1.29 is 19.2 Å². The highest BCUT2D eigenvalue weighted by molar-refractivity contribution is 5.40. The molecule has 20 heavy (non-hydrogen) atoms. The second kappa shape index (κ2) is 5.66. The normalized spacial score (nSPS) is 11.9. The van der Waals surface area contributed by atoms with Gasteiger partial charge >= 0.3 is 5.69 Å². The molecule has 0 saturated carbocycles. The first-order valence-corrected chi connectivity index (χ1v) is 5.87. The predicted octanol–water partition coefficient (Wildman–Crippen LogP) is 3.58. The SMILES string of the molecule is C[C@H](O)c1ccc(Oc2ccc([N+](=O)[O-])c(F)c2)cc1. The summed E-state index contributed by atoms with van der Waals surface area (Å²) in [6, 6.07) is 9.95. The molecule has 0 unspecified atom stereocenters. The minimum atomic E-state index is -0.951. The molecule has 104 valence electrons. The number of halogens is 1. The Bertz CT molecular complexity index is 626. The Morgan fingerprint density at radius 2 is 1.80 bits per heavy atom. The Labute approximate surface area is 114 Å². The second-order valence-electron chi connectivity index (χ2n) is 4.22. The van der Waals surface area contributed by atoms with Gasteiger partial charge < -0.3 is 9.84 Å². The summed E-state index contributed by atoms with van der Waals surface area (Å²) < 4.78 is 18.8. The third kappa shape index (κ3) is 3.10. The van der Waals surface area contributed by atoms with E-state index in [9.17, 15) is 19.6 Å². The van der Waals surface area contributed by atoms with E-state index in [1.54, 1.807) is 31.2 Å². The van der Waals surface area contributed by atoms with E-state index in [1.165, 1.54) is 6.07 Å². The summed E-state index contributed by atoms with van der Waals surface area (Å²) >= 11 is 0. The molecule has 0 heterocycles. The van der Waals surface area contributed by atoms with Crippen molar-refractivity contribution in [2.24, 2.45) is 0 Å². The monoisotopic (exact) mass is 277 g/mol. The van der Waals surface area contributed by atoms with Crippen LogP contribution in [0.4, 0.5) is 10.1 Å². The van der Waals surface area contributed by atoms with Crippen LogP contribution >= 0.6 is 0 Å². The van der Waals surface area contributed by atoms with Gasteiger partial charge in [0, 0.05) is 12.1 Å². The molecule has 1 N–H and O–H groups in total. The summed E-state index contributed by atoms with van der Waals surface area (Å²) in [5.74, 6) is -0.339. The maximum atomic E-state index is 13.4. The molecule has 0 aliphatic rings. The average Bonchev–Trinajstić information content (AvgIpc) is 2.39. The number of aliphatic hydroxyl groups excluding tert-OH is 1. The number of nitro benzene ring substituents is 1. The van der Waals surface area contributed by atoms with Crippen molar-refractivity contribution in [1.29, 1.82) is 0 Å². The number of rotatable bonds is 4. The summed E-state index contributed by atoms with van der Waals surface area (Å²) in [6.45, 7) is 1.64. The lowest BCUT2D eigenvalue weighted by Crippen LogP contribution is -1.94. The number of hydrogen-bond acceptors (Lipinski definition) is 4. The van der Waals surface area contributed by atoms with E-state index < -0.39 is 22.5 Å². The van der Waals surface area contributed by atoms with Crippen LogP contribution in [0.3, 0.4) is 0 Å². The van der Waals surface area contributed by atoms with Gasteiger partial charge in [-0.2, -0.15) is 4.39 Å². The molecule has 0 aliphatic carbocycles. The van der Waals surface area contributed by atoms with Crippen molar-refractivity contribution >= 4 is 5.69 Å². The maximum absolute atomic E-state index is 13.4. The summed E-state index contributed by atoms with van der Waals surface area (Å²) in [5, 5.41) is 19.9. The lowest BCUT2D eigenvalue weighted by molar-refractivity contribution is -0.387. The smallest absolute Gasteiger partial charge is 0.305 e. The summed E-state index contributed by atoms with van der Waals surface area (Å²) in [4.78, 5) is 9.70. The molecular formula is C14H12FNO4. The highest BCUT2D eigenvalue weighted by Gasteiger charge is 2.14. The maximum Gasteiger partial charge on any atom is 0.305 e. The quantitative estimate of drug-likeness (QED) is 0.684. The summed E-state index contributed by atoms with van der Waals surface area (Å²) in [7, 11) is 0. The van der Waals surface area contributed by atoms with E-state index in [0.717, 1.165) is 17.7 Å². The van der Waals surface area contributed by atoms with Crippen LogP contribution in [0.25, 0.3) is 0 Å². The molecular weight excluding hydrogens is 265 g/mol. The first-order chi connectivity index (χ1) is 9.47. The highest BCUT2D eigenvalue weighted by atomic mass is 19.1. The summed E-state index contributed by atoms with van der Waals surface area (Å²) in [6.07, 6.45) is -0.583. The van der Waals surface area contributed by atoms with Crippen LogP contribution in [-0.4, -0.2) is 10.0 Å². The van der Waals surface area contributed by atoms with Crippen LogP contribution in [0, 0.1) is 15.9 Å². The molecule has 0 fully saturated rings. The number of hydrogen-bond donors (Lipinski definition) is 1. The molecule has 2 aromatic carbocycles. The average molecular weight is 277 g/mol. The van der Waals surface area contributed by atoms with Gasteiger partial charge in [0.05, 0.1) is 11.0 Å². The minimum Gasteiger partial charge on any atom is -0.457 e. The number of ether oxygens (including phenoxy) is 1. The standard InChI is InChI=1S/C14H12FNO4/c1-9(17)10-2-4-11(5-3-10)20-12-6-7-14(16(18)19)13(15)8-12/h2-9,17H,1H3/t9-/m0/s1. The van der Waals surface area contributed by atoms with Crippen molar-refractivity contribution in [2.45, 2.75) is 13.0 Å². The molecule has 2 aromatic rings. The molecule has 0 saturated heterocycles. The third-order valence-corrected chi connectivity index (χ3v) is 2.71. The van der Waals surface area contributed by atoms with E-state index in [4.69, 9.17) is 4.74 Å². The van der Waals surface area contributed by atoms with Gasteiger partial charge in [0.1, 0.15) is 11.5 Å². The molecule has 1 atom stereocenters. The van der Waals surface area contributed by atoms with Gasteiger partial charge in [-0.15, -0.1) is 0 Å². The minimum absolute atomic E-state index is 0.165. The van der Waals surface area contributed by atoms with Gasteiger partial charge in [0.2, 0.25) is 5.82 Å². The van der Waals surface area contributed by atoms with Crippen LogP contribution in [0.1, 0.15) is 18.6 Å². The fraction of sp³-hybridized carbons (Fsp3) is 0.143. The van der Waals surface area contributed by atoms with Gasteiger partial charge in [0.25, 0.3) is 0 Å². The lowest BCUT2D eigenvalue weighted by atomic mass is 10.1. The number of nitro groups is 1. The Balaban J connectivity index is 2.17. The first kappa shape index (κ1) is 14.0. The van der Waals surface area contributed by atoms with Gasteiger partial charge in [0.15, 0.2) is 0 Å². The van der Waals surface area contributed by atoms with Crippen molar-refractivity contribution in [2.75, 3.05) is 0 Å². The van der Waals surface area contributed by atoms with Gasteiger partial charge in [-0.05, 0) is 30.7 Å². The van der Waals surface area contributed by atoms with Crippen molar-refractivity contribution in [1.82, 2.24) is 0 Å². The molecule has 0 bridgehead atoms. The van der Waals surface area contributed by atoms with E-state index in [2.05, 4.69) is 0 Å². The van der Waals surface area contributed by atoms with Crippen LogP contribution in [0.2, 0.25) is 0 Å². The number of nitrogens with zero attached hydrogens (tertiary/aromatic N) is 1. The Kier molecular flexibility index (Phi) is 3.95. The Hall–Kier alpha value is -2.47. The van der Waals surface area contributed by atoms with Gasteiger partial charge in [-0.3, -0.25) is 10.1 Å². The molecule has 6 heteroatoms. The molecule has 0 aromatic heterocycles. The number of aliphatic hydroxyl groups is 1. The topological polar surface area (TPSA) is 72.6 Å². The fourth-order valence-corrected chi connectivity index (χ4v) is 1.65. The zero-order valence-corrected chi connectivity index (χ0v) is 10.6. The van der Waals surface area contributed by atoms with E-state index in [-0.39, 0.29) is 5.75 Å². The van der Waals surface area contributed by atoms with Gasteiger partial charge in [-0.25, -0.2) is 0 Å². The predicted molar refractivity (Wildman–Crippen MR) is 70.2 cm³/mol. The summed E-state index contributed by atoms with van der Waals surface area (Å²) in [5.41, 5.74) is 0.133. The van der Waals surface area contributed by atoms with E-state index >= 15 is 0 Å². The van der Waals surface area contributed by atoms with Crippen LogP contribution in [-0.2, 0) is 0 Å². The van der Waals surface area contributed by atoms with Crippen molar-refractivity contribution in [3.63, 3.8) is 0 Å². The number of benzene rings is 2.